The molecule has 100 valence electrons. The van der Waals surface area contributed by atoms with Crippen molar-refractivity contribution >= 4 is 11.6 Å². The number of amides is 1. The Morgan fingerprint density at radius 2 is 1.95 bits per heavy atom. The van der Waals surface area contributed by atoms with Crippen molar-refractivity contribution < 1.29 is 9.21 Å². The molecule has 1 N–H and O–H groups in total. The molecule has 0 bridgehead atoms. The molecular formula is C15H18N2O2. The Balaban J connectivity index is 1.82. The highest BCUT2D eigenvalue weighted by atomic mass is 16.3. The molecule has 0 aliphatic heterocycles. The third kappa shape index (κ3) is 3.88. The molecule has 2 rings (SSSR count). The van der Waals surface area contributed by atoms with Gasteiger partial charge in [0.2, 0.25) is 5.91 Å². The maximum absolute atomic E-state index is 11.9. The molecule has 0 fully saturated rings. The van der Waals surface area contributed by atoms with Crippen LogP contribution in [0.5, 0.6) is 0 Å². The highest BCUT2D eigenvalue weighted by Crippen LogP contribution is 2.09. The summed E-state index contributed by atoms with van der Waals surface area (Å²) in [6.45, 7) is 2.66. The lowest BCUT2D eigenvalue weighted by Crippen LogP contribution is -2.31. The third-order valence-corrected chi connectivity index (χ3v) is 2.83. The van der Waals surface area contributed by atoms with Crippen LogP contribution in [0.4, 0.5) is 5.69 Å². The smallest absolute Gasteiger partial charge is 0.242 e. The Kier molecular flexibility index (Phi) is 4.23. The molecule has 1 amide bonds. The molecule has 0 aliphatic carbocycles. The zero-order chi connectivity index (χ0) is 13.7. The number of benzene rings is 1. The Morgan fingerprint density at radius 1 is 1.21 bits per heavy atom. The van der Waals surface area contributed by atoms with Crippen LogP contribution >= 0.6 is 0 Å². The van der Waals surface area contributed by atoms with E-state index in [0.717, 1.165) is 17.2 Å². The number of nitrogens with zero attached hydrogens (tertiary/aromatic N) is 1. The average molecular weight is 258 g/mol. The van der Waals surface area contributed by atoms with Gasteiger partial charge in [-0.2, -0.15) is 0 Å². The second-order valence-electron chi connectivity index (χ2n) is 4.48. The van der Waals surface area contributed by atoms with Crippen LogP contribution in [-0.4, -0.2) is 24.4 Å². The molecule has 0 saturated heterocycles. The van der Waals surface area contributed by atoms with Gasteiger partial charge in [0.1, 0.15) is 11.5 Å². The van der Waals surface area contributed by atoms with E-state index in [9.17, 15) is 4.79 Å². The summed E-state index contributed by atoms with van der Waals surface area (Å²) < 4.78 is 5.45. The van der Waals surface area contributed by atoms with Crippen molar-refractivity contribution in [3.8, 4) is 0 Å². The summed E-state index contributed by atoms with van der Waals surface area (Å²) in [6.07, 6.45) is 0. The zero-order valence-electron chi connectivity index (χ0n) is 11.2. The quantitative estimate of drug-likeness (QED) is 0.896. The van der Waals surface area contributed by atoms with E-state index in [1.807, 2.05) is 49.4 Å². The second kappa shape index (κ2) is 6.09. The van der Waals surface area contributed by atoms with E-state index < -0.39 is 0 Å². The van der Waals surface area contributed by atoms with Crippen LogP contribution in [0.1, 0.15) is 11.5 Å². The van der Waals surface area contributed by atoms with Crippen molar-refractivity contribution in [3.05, 3.63) is 54.0 Å². The van der Waals surface area contributed by atoms with E-state index in [1.54, 1.807) is 11.9 Å². The van der Waals surface area contributed by atoms with Gasteiger partial charge in [0.25, 0.3) is 0 Å². The number of aryl methyl sites for hydroxylation is 1. The predicted molar refractivity (Wildman–Crippen MR) is 74.9 cm³/mol. The van der Waals surface area contributed by atoms with Crippen LogP contribution in [0.25, 0.3) is 0 Å². The minimum Gasteiger partial charge on any atom is -0.464 e. The van der Waals surface area contributed by atoms with Crippen molar-refractivity contribution in [1.82, 2.24) is 4.90 Å². The van der Waals surface area contributed by atoms with Gasteiger partial charge in [0.05, 0.1) is 13.1 Å². The molecule has 0 unspecified atom stereocenters. The van der Waals surface area contributed by atoms with E-state index in [4.69, 9.17) is 4.42 Å². The Bertz CT molecular complexity index is 534. The molecule has 1 aromatic carbocycles. The van der Waals surface area contributed by atoms with Gasteiger partial charge in [-0.3, -0.25) is 4.79 Å². The highest BCUT2D eigenvalue weighted by molar-refractivity contribution is 5.80. The van der Waals surface area contributed by atoms with Crippen molar-refractivity contribution in [2.75, 3.05) is 18.9 Å². The highest BCUT2D eigenvalue weighted by Gasteiger charge is 2.10. The first-order valence-electron chi connectivity index (χ1n) is 6.23. The number of rotatable bonds is 5. The van der Waals surface area contributed by atoms with Gasteiger partial charge in [0, 0.05) is 12.7 Å². The summed E-state index contributed by atoms with van der Waals surface area (Å²) in [5.74, 6) is 1.68. The minimum absolute atomic E-state index is 0.0258. The van der Waals surface area contributed by atoms with E-state index in [0.29, 0.717) is 6.54 Å². The molecule has 2 aromatic rings. The number of likely N-dealkylation sites (N-methyl/N-ethyl adjacent to an activating group) is 1. The van der Waals surface area contributed by atoms with E-state index >= 15 is 0 Å². The lowest BCUT2D eigenvalue weighted by Gasteiger charge is -2.16. The van der Waals surface area contributed by atoms with Gasteiger partial charge in [-0.15, -0.1) is 0 Å². The first-order valence-corrected chi connectivity index (χ1v) is 6.23. The minimum atomic E-state index is 0.0258. The van der Waals surface area contributed by atoms with Gasteiger partial charge in [-0.25, -0.2) is 0 Å². The van der Waals surface area contributed by atoms with Crippen molar-refractivity contribution in [2.45, 2.75) is 13.5 Å². The fourth-order valence-electron chi connectivity index (χ4n) is 1.76. The number of hydrogen-bond donors (Lipinski definition) is 1. The Labute approximate surface area is 113 Å². The molecule has 0 atom stereocenters. The molecular weight excluding hydrogens is 240 g/mol. The Hall–Kier alpha value is -2.23. The monoisotopic (exact) mass is 258 g/mol. The van der Waals surface area contributed by atoms with Crippen molar-refractivity contribution in [3.63, 3.8) is 0 Å². The van der Waals surface area contributed by atoms with Crippen molar-refractivity contribution in [1.29, 1.82) is 0 Å². The maximum Gasteiger partial charge on any atom is 0.242 e. The summed E-state index contributed by atoms with van der Waals surface area (Å²) in [5, 5.41) is 3.09. The van der Waals surface area contributed by atoms with Gasteiger partial charge in [-0.05, 0) is 31.2 Å². The fraction of sp³-hybridized carbons (Fsp3) is 0.267. The molecule has 4 nitrogen and oxygen atoms in total. The molecule has 0 saturated carbocycles. The van der Waals surface area contributed by atoms with E-state index in [-0.39, 0.29) is 12.5 Å². The number of furan rings is 1. The van der Waals surface area contributed by atoms with Gasteiger partial charge in [0.15, 0.2) is 0 Å². The largest absolute Gasteiger partial charge is 0.464 e. The number of para-hydroxylation sites is 1. The number of carbonyl (C=O) groups excluding carboxylic acids is 1. The topological polar surface area (TPSA) is 45.5 Å². The van der Waals surface area contributed by atoms with Crippen LogP contribution < -0.4 is 5.32 Å². The predicted octanol–water partition coefficient (Wildman–Crippen LogP) is 2.66. The molecule has 1 heterocycles. The van der Waals surface area contributed by atoms with Crippen molar-refractivity contribution in [2.24, 2.45) is 0 Å². The van der Waals surface area contributed by atoms with Crippen LogP contribution in [0.15, 0.2) is 46.9 Å². The first-order chi connectivity index (χ1) is 9.15. The fourth-order valence-corrected chi connectivity index (χ4v) is 1.76. The standard InChI is InChI=1S/C15H18N2O2/c1-12-8-9-14(19-12)11-17(2)15(18)10-16-13-6-4-3-5-7-13/h3-9,16H,10-11H2,1-2H3. The summed E-state index contributed by atoms with van der Waals surface area (Å²) in [7, 11) is 1.77. The number of nitrogens with one attached hydrogen (secondary N) is 1. The lowest BCUT2D eigenvalue weighted by molar-refractivity contribution is -0.128. The molecule has 0 aliphatic rings. The van der Waals surface area contributed by atoms with Gasteiger partial charge >= 0.3 is 0 Å². The molecule has 1 aromatic heterocycles. The van der Waals surface area contributed by atoms with Crippen LogP contribution in [0.2, 0.25) is 0 Å². The Morgan fingerprint density at radius 3 is 2.58 bits per heavy atom. The molecule has 0 radical (unpaired) electrons. The summed E-state index contributed by atoms with van der Waals surface area (Å²) >= 11 is 0. The van der Waals surface area contributed by atoms with E-state index in [2.05, 4.69) is 5.32 Å². The summed E-state index contributed by atoms with van der Waals surface area (Å²) in [6, 6.07) is 13.5. The van der Waals surface area contributed by atoms with E-state index in [1.165, 1.54) is 0 Å². The lowest BCUT2D eigenvalue weighted by atomic mass is 10.3. The van der Waals surface area contributed by atoms with Gasteiger partial charge in [-0.1, -0.05) is 18.2 Å². The maximum atomic E-state index is 11.9. The van der Waals surface area contributed by atoms with Crippen LogP contribution in [0.3, 0.4) is 0 Å². The molecule has 0 spiro atoms. The average Bonchev–Trinajstić information content (AvgIpc) is 2.82. The third-order valence-electron chi connectivity index (χ3n) is 2.83. The SMILES string of the molecule is Cc1ccc(CN(C)C(=O)CNc2ccccc2)o1. The second-order valence-corrected chi connectivity index (χ2v) is 4.48. The molecule has 19 heavy (non-hydrogen) atoms. The summed E-state index contributed by atoms with van der Waals surface area (Å²) in [5.41, 5.74) is 0.943. The van der Waals surface area contributed by atoms with Crippen LogP contribution in [0, 0.1) is 6.92 Å². The first kappa shape index (κ1) is 13.2. The number of hydrogen-bond acceptors (Lipinski definition) is 3. The number of anilines is 1. The van der Waals surface area contributed by atoms with Crippen LogP contribution in [-0.2, 0) is 11.3 Å². The number of carbonyl (C=O) groups is 1. The van der Waals surface area contributed by atoms with Gasteiger partial charge < -0.3 is 14.6 Å². The molecule has 4 heteroatoms. The zero-order valence-corrected chi connectivity index (χ0v) is 11.2. The normalized spacial score (nSPS) is 10.2. The summed E-state index contributed by atoms with van der Waals surface area (Å²) in [4.78, 5) is 13.6.